The maximum atomic E-state index is 13.8. The monoisotopic (exact) mass is 317 g/mol. The standard InChI is InChI=1S/C15H10F3N5/c1-8(11-4-10(16)5-12(17)14(11)18)21-13-2-3-23-15(22-13)9(6-19)7-20-23/h2-5,7-8H,1H3,(H,21,22)/t8-/m1/s1. The zero-order valence-electron chi connectivity index (χ0n) is 11.9. The molecule has 3 aromatic rings. The Bertz CT molecular complexity index is 929. The van der Waals surface area contributed by atoms with Gasteiger partial charge < -0.3 is 5.32 Å². The van der Waals surface area contributed by atoms with Crippen LogP contribution in [0.5, 0.6) is 0 Å². The average molecular weight is 317 g/mol. The molecule has 0 unspecified atom stereocenters. The molecule has 2 aromatic heterocycles. The number of nitriles is 1. The van der Waals surface area contributed by atoms with Gasteiger partial charge in [-0.05, 0) is 19.1 Å². The highest BCUT2D eigenvalue weighted by molar-refractivity contribution is 5.57. The molecule has 1 N–H and O–H groups in total. The van der Waals surface area contributed by atoms with Gasteiger partial charge in [0.2, 0.25) is 0 Å². The summed E-state index contributed by atoms with van der Waals surface area (Å²) in [6.07, 6.45) is 2.94. The van der Waals surface area contributed by atoms with Gasteiger partial charge in [-0.3, -0.25) is 0 Å². The van der Waals surface area contributed by atoms with Gasteiger partial charge in [-0.2, -0.15) is 10.4 Å². The molecule has 0 fully saturated rings. The van der Waals surface area contributed by atoms with Crippen LogP contribution in [-0.4, -0.2) is 14.6 Å². The second-order valence-corrected chi connectivity index (χ2v) is 4.91. The van der Waals surface area contributed by atoms with Crippen molar-refractivity contribution in [1.82, 2.24) is 14.6 Å². The number of nitrogens with one attached hydrogen (secondary N) is 1. The summed E-state index contributed by atoms with van der Waals surface area (Å²) in [5.74, 6) is -2.90. The van der Waals surface area contributed by atoms with E-state index in [0.29, 0.717) is 17.5 Å². The van der Waals surface area contributed by atoms with Gasteiger partial charge in [0.15, 0.2) is 17.3 Å². The summed E-state index contributed by atoms with van der Waals surface area (Å²) >= 11 is 0. The number of benzene rings is 1. The summed E-state index contributed by atoms with van der Waals surface area (Å²) in [7, 11) is 0. The molecule has 3 rings (SSSR count). The Hall–Kier alpha value is -3.08. The Morgan fingerprint density at radius 3 is 2.83 bits per heavy atom. The molecule has 8 heteroatoms. The number of rotatable bonds is 3. The van der Waals surface area contributed by atoms with E-state index < -0.39 is 23.5 Å². The third kappa shape index (κ3) is 2.68. The zero-order chi connectivity index (χ0) is 16.6. The average Bonchev–Trinajstić information content (AvgIpc) is 2.93. The number of aromatic nitrogens is 3. The lowest BCUT2D eigenvalue weighted by Crippen LogP contribution is -2.11. The number of anilines is 1. The van der Waals surface area contributed by atoms with Crippen LogP contribution in [0, 0.1) is 28.8 Å². The Morgan fingerprint density at radius 2 is 2.09 bits per heavy atom. The molecule has 0 saturated carbocycles. The highest BCUT2D eigenvalue weighted by Gasteiger charge is 2.17. The highest BCUT2D eigenvalue weighted by Crippen LogP contribution is 2.24. The SMILES string of the molecule is C[C@@H](Nc1ccn2ncc(C#N)c2n1)c1cc(F)cc(F)c1F. The third-order valence-corrected chi connectivity index (χ3v) is 3.34. The van der Waals surface area contributed by atoms with Crippen molar-refractivity contribution in [3.8, 4) is 6.07 Å². The lowest BCUT2D eigenvalue weighted by molar-refractivity contribution is 0.480. The molecular weight excluding hydrogens is 307 g/mol. The van der Waals surface area contributed by atoms with Crippen molar-refractivity contribution in [2.45, 2.75) is 13.0 Å². The van der Waals surface area contributed by atoms with E-state index in [1.807, 2.05) is 6.07 Å². The Morgan fingerprint density at radius 1 is 1.30 bits per heavy atom. The van der Waals surface area contributed by atoms with Gasteiger partial charge in [-0.1, -0.05) is 0 Å². The molecule has 0 aliphatic heterocycles. The van der Waals surface area contributed by atoms with Gasteiger partial charge >= 0.3 is 0 Å². The van der Waals surface area contributed by atoms with Gasteiger partial charge in [-0.25, -0.2) is 22.7 Å². The lowest BCUT2D eigenvalue weighted by Gasteiger charge is -2.16. The molecule has 0 amide bonds. The van der Waals surface area contributed by atoms with Crippen LogP contribution in [-0.2, 0) is 0 Å². The fourth-order valence-electron chi connectivity index (χ4n) is 2.22. The summed E-state index contributed by atoms with van der Waals surface area (Å²) in [6, 6.07) is 4.19. The predicted molar refractivity (Wildman–Crippen MR) is 76.1 cm³/mol. The van der Waals surface area contributed by atoms with Crippen LogP contribution < -0.4 is 5.32 Å². The van der Waals surface area contributed by atoms with Crippen LogP contribution in [0.25, 0.3) is 5.65 Å². The quantitative estimate of drug-likeness (QED) is 0.753. The topological polar surface area (TPSA) is 66.0 Å². The summed E-state index contributed by atoms with van der Waals surface area (Å²) in [5, 5.41) is 15.8. The van der Waals surface area contributed by atoms with Crippen molar-refractivity contribution < 1.29 is 13.2 Å². The van der Waals surface area contributed by atoms with Crippen LogP contribution in [0.1, 0.15) is 24.1 Å². The first-order chi connectivity index (χ1) is 11.0. The fraction of sp³-hybridized carbons (Fsp3) is 0.133. The molecule has 5 nitrogen and oxygen atoms in total. The molecule has 1 atom stereocenters. The van der Waals surface area contributed by atoms with E-state index in [2.05, 4.69) is 15.4 Å². The highest BCUT2D eigenvalue weighted by atomic mass is 19.2. The molecular formula is C15H10F3N5. The molecule has 23 heavy (non-hydrogen) atoms. The molecule has 0 radical (unpaired) electrons. The number of hydrogen-bond acceptors (Lipinski definition) is 4. The van der Waals surface area contributed by atoms with Gasteiger partial charge in [0, 0.05) is 17.8 Å². The Kier molecular flexibility index (Phi) is 3.62. The molecule has 0 bridgehead atoms. The van der Waals surface area contributed by atoms with E-state index in [1.54, 1.807) is 19.2 Å². The first-order valence-electron chi connectivity index (χ1n) is 6.65. The van der Waals surface area contributed by atoms with Crippen molar-refractivity contribution >= 4 is 11.5 Å². The minimum absolute atomic E-state index is 0.154. The summed E-state index contributed by atoms with van der Waals surface area (Å²) in [5.41, 5.74) is 0.457. The maximum Gasteiger partial charge on any atom is 0.175 e. The van der Waals surface area contributed by atoms with Crippen molar-refractivity contribution in [3.63, 3.8) is 0 Å². The number of halogens is 3. The predicted octanol–water partition coefficient (Wildman–Crippen LogP) is 3.19. The first-order valence-corrected chi connectivity index (χ1v) is 6.65. The summed E-state index contributed by atoms with van der Waals surface area (Å²) in [6.45, 7) is 1.55. The van der Waals surface area contributed by atoms with Crippen molar-refractivity contribution in [2.75, 3.05) is 5.32 Å². The van der Waals surface area contributed by atoms with Crippen LogP contribution in [0.4, 0.5) is 19.0 Å². The van der Waals surface area contributed by atoms with Gasteiger partial charge in [0.25, 0.3) is 0 Å². The van der Waals surface area contributed by atoms with E-state index in [-0.39, 0.29) is 11.1 Å². The molecule has 0 aliphatic rings. The van der Waals surface area contributed by atoms with Crippen LogP contribution >= 0.6 is 0 Å². The normalized spacial score (nSPS) is 12.1. The Balaban J connectivity index is 1.94. The summed E-state index contributed by atoms with van der Waals surface area (Å²) < 4.78 is 41.8. The van der Waals surface area contributed by atoms with Crippen molar-refractivity contribution in [1.29, 1.82) is 5.26 Å². The molecule has 0 spiro atoms. The van der Waals surface area contributed by atoms with Crippen molar-refractivity contribution in [3.05, 3.63) is 59.2 Å². The second-order valence-electron chi connectivity index (χ2n) is 4.91. The number of nitrogens with zero attached hydrogens (tertiary/aromatic N) is 4. The van der Waals surface area contributed by atoms with E-state index >= 15 is 0 Å². The minimum Gasteiger partial charge on any atom is -0.363 e. The van der Waals surface area contributed by atoms with Gasteiger partial charge in [0.1, 0.15) is 23.3 Å². The van der Waals surface area contributed by atoms with E-state index in [1.165, 1.54) is 10.7 Å². The first kappa shape index (κ1) is 14.8. The molecule has 0 saturated heterocycles. The molecule has 2 heterocycles. The number of fused-ring (bicyclic) bond motifs is 1. The van der Waals surface area contributed by atoms with Crippen LogP contribution in [0.3, 0.4) is 0 Å². The molecule has 1 aromatic carbocycles. The smallest absolute Gasteiger partial charge is 0.175 e. The van der Waals surface area contributed by atoms with Crippen LogP contribution in [0.15, 0.2) is 30.6 Å². The molecule has 116 valence electrons. The largest absolute Gasteiger partial charge is 0.363 e. The molecule has 0 aliphatic carbocycles. The van der Waals surface area contributed by atoms with E-state index in [0.717, 1.165) is 6.07 Å². The van der Waals surface area contributed by atoms with Crippen molar-refractivity contribution in [2.24, 2.45) is 0 Å². The number of hydrogen-bond donors (Lipinski definition) is 1. The zero-order valence-corrected chi connectivity index (χ0v) is 11.9. The van der Waals surface area contributed by atoms with Crippen LogP contribution in [0.2, 0.25) is 0 Å². The summed E-state index contributed by atoms with van der Waals surface area (Å²) in [4.78, 5) is 4.20. The minimum atomic E-state index is -1.25. The maximum absolute atomic E-state index is 13.8. The lowest BCUT2D eigenvalue weighted by atomic mass is 10.1. The second kappa shape index (κ2) is 5.61. The van der Waals surface area contributed by atoms with Gasteiger partial charge in [-0.15, -0.1) is 0 Å². The van der Waals surface area contributed by atoms with Gasteiger partial charge in [0.05, 0.1) is 12.2 Å². The fourth-order valence-corrected chi connectivity index (χ4v) is 2.22. The van der Waals surface area contributed by atoms with E-state index in [4.69, 9.17) is 5.26 Å². The Labute approximate surface area is 129 Å². The van der Waals surface area contributed by atoms with E-state index in [9.17, 15) is 13.2 Å². The third-order valence-electron chi connectivity index (χ3n) is 3.34.